The summed E-state index contributed by atoms with van der Waals surface area (Å²) in [6.45, 7) is 5.30. The number of aromatic nitrogens is 2. The van der Waals surface area contributed by atoms with Crippen molar-refractivity contribution in [3.8, 4) is 28.5 Å². The molecule has 132 valence electrons. The summed E-state index contributed by atoms with van der Waals surface area (Å²) in [5.74, 6) is 2.84. The molecule has 1 aromatic carbocycles. The van der Waals surface area contributed by atoms with Gasteiger partial charge in [-0.3, -0.25) is 0 Å². The molecule has 0 bridgehead atoms. The predicted molar refractivity (Wildman–Crippen MR) is 92.6 cm³/mol. The van der Waals surface area contributed by atoms with E-state index in [1.807, 2.05) is 18.2 Å². The number of nitrogens with zero attached hydrogens (tertiary/aromatic N) is 3. The predicted octanol–water partition coefficient (Wildman–Crippen LogP) is 2.28. The molecule has 1 saturated heterocycles. The van der Waals surface area contributed by atoms with Crippen LogP contribution in [0.2, 0.25) is 0 Å². The van der Waals surface area contributed by atoms with E-state index in [0.717, 1.165) is 42.4 Å². The van der Waals surface area contributed by atoms with Crippen molar-refractivity contribution in [1.29, 1.82) is 0 Å². The Kier molecular flexibility index (Phi) is 4.31. The average Bonchev–Trinajstić information content (AvgIpc) is 3.14. The zero-order chi connectivity index (χ0) is 17.2. The number of aryl methyl sites for hydroxylation is 1. The second-order valence-electron chi connectivity index (χ2n) is 5.90. The average molecular weight is 343 g/mol. The van der Waals surface area contributed by atoms with Gasteiger partial charge in [-0.1, -0.05) is 6.92 Å². The minimum absolute atomic E-state index is 0.227. The highest BCUT2D eigenvalue weighted by atomic mass is 16.7. The molecule has 0 spiro atoms. The van der Waals surface area contributed by atoms with Gasteiger partial charge in [-0.25, -0.2) is 9.97 Å². The van der Waals surface area contributed by atoms with Crippen LogP contribution in [-0.2, 0) is 11.2 Å². The summed E-state index contributed by atoms with van der Waals surface area (Å²) >= 11 is 0. The van der Waals surface area contributed by atoms with Crippen molar-refractivity contribution in [3.05, 3.63) is 23.9 Å². The fourth-order valence-electron chi connectivity index (χ4n) is 3.00. The van der Waals surface area contributed by atoms with Gasteiger partial charge in [0.15, 0.2) is 11.5 Å². The molecule has 2 aliphatic rings. The van der Waals surface area contributed by atoms with Crippen LogP contribution in [0.1, 0.15) is 12.6 Å². The first kappa shape index (κ1) is 16.0. The Hall–Kier alpha value is -2.54. The second kappa shape index (κ2) is 6.76. The van der Waals surface area contributed by atoms with Crippen molar-refractivity contribution in [3.63, 3.8) is 0 Å². The third kappa shape index (κ3) is 3.07. The van der Waals surface area contributed by atoms with E-state index in [1.54, 1.807) is 7.11 Å². The zero-order valence-corrected chi connectivity index (χ0v) is 14.4. The molecule has 1 fully saturated rings. The van der Waals surface area contributed by atoms with Crippen LogP contribution in [0, 0.1) is 0 Å². The zero-order valence-electron chi connectivity index (χ0n) is 14.4. The molecule has 0 radical (unpaired) electrons. The second-order valence-corrected chi connectivity index (χ2v) is 5.90. The van der Waals surface area contributed by atoms with Crippen LogP contribution < -0.4 is 19.1 Å². The first-order chi connectivity index (χ1) is 12.3. The highest BCUT2D eigenvalue weighted by Gasteiger charge is 2.21. The molecule has 7 heteroatoms. The first-order valence-electron chi connectivity index (χ1n) is 8.47. The van der Waals surface area contributed by atoms with E-state index in [0.29, 0.717) is 30.5 Å². The topological polar surface area (TPSA) is 65.9 Å². The smallest absolute Gasteiger partial charge is 0.231 e. The minimum atomic E-state index is 0.227. The summed E-state index contributed by atoms with van der Waals surface area (Å²) in [6, 6.07) is 5.77. The summed E-state index contributed by atoms with van der Waals surface area (Å²) < 4.78 is 21.9. The maximum absolute atomic E-state index is 5.55. The van der Waals surface area contributed by atoms with E-state index in [4.69, 9.17) is 28.9 Å². The number of hydrogen-bond donors (Lipinski definition) is 0. The Bertz CT molecular complexity index is 775. The van der Waals surface area contributed by atoms with E-state index in [2.05, 4.69) is 11.8 Å². The van der Waals surface area contributed by atoms with Crippen LogP contribution in [0.15, 0.2) is 18.2 Å². The lowest BCUT2D eigenvalue weighted by atomic mass is 10.1. The van der Waals surface area contributed by atoms with E-state index in [-0.39, 0.29) is 6.79 Å². The Balaban J connectivity index is 1.79. The van der Waals surface area contributed by atoms with Crippen LogP contribution in [0.25, 0.3) is 11.3 Å². The largest absolute Gasteiger partial charge is 0.496 e. The van der Waals surface area contributed by atoms with E-state index in [1.165, 1.54) is 0 Å². The monoisotopic (exact) mass is 343 g/mol. The molecule has 2 aliphatic heterocycles. The standard InChI is InChI=1S/C18H21N3O4/c1-3-12-8-14(20-18(19-12)21-4-6-23-7-5-21)13-9-16-17(25-11-24-16)10-15(13)22-2/h8-10H,3-7,11H2,1-2H3. The highest BCUT2D eigenvalue weighted by molar-refractivity contribution is 5.73. The quantitative estimate of drug-likeness (QED) is 0.844. The Morgan fingerprint density at radius 1 is 1.08 bits per heavy atom. The van der Waals surface area contributed by atoms with E-state index >= 15 is 0 Å². The van der Waals surface area contributed by atoms with Gasteiger partial charge in [0, 0.05) is 30.4 Å². The maximum atomic E-state index is 5.55. The summed E-state index contributed by atoms with van der Waals surface area (Å²) in [5, 5.41) is 0. The first-order valence-corrected chi connectivity index (χ1v) is 8.47. The molecule has 0 aliphatic carbocycles. The van der Waals surface area contributed by atoms with Gasteiger partial charge in [-0.15, -0.1) is 0 Å². The van der Waals surface area contributed by atoms with Crippen molar-refractivity contribution in [2.24, 2.45) is 0 Å². The summed E-state index contributed by atoms with van der Waals surface area (Å²) in [4.78, 5) is 11.6. The number of fused-ring (bicyclic) bond motifs is 1. The molecule has 2 aromatic rings. The number of morpholine rings is 1. The van der Waals surface area contributed by atoms with Crippen molar-refractivity contribution >= 4 is 5.95 Å². The molecule has 25 heavy (non-hydrogen) atoms. The summed E-state index contributed by atoms with van der Waals surface area (Å²) in [7, 11) is 1.64. The molecule has 1 aromatic heterocycles. The number of rotatable bonds is 4. The lowest BCUT2D eigenvalue weighted by Crippen LogP contribution is -2.37. The molecule has 0 N–H and O–H groups in total. The van der Waals surface area contributed by atoms with Crippen LogP contribution in [0.3, 0.4) is 0 Å². The molecular formula is C18H21N3O4. The van der Waals surface area contributed by atoms with Crippen LogP contribution in [0.4, 0.5) is 5.95 Å². The number of methoxy groups -OCH3 is 1. The van der Waals surface area contributed by atoms with Gasteiger partial charge in [0.2, 0.25) is 12.7 Å². The molecule has 0 unspecified atom stereocenters. The molecule has 0 atom stereocenters. The van der Waals surface area contributed by atoms with Crippen LogP contribution in [-0.4, -0.2) is 50.2 Å². The van der Waals surface area contributed by atoms with Crippen molar-refractivity contribution in [2.45, 2.75) is 13.3 Å². The fourth-order valence-corrected chi connectivity index (χ4v) is 3.00. The van der Waals surface area contributed by atoms with E-state index < -0.39 is 0 Å². The number of anilines is 1. The number of ether oxygens (including phenoxy) is 4. The van der Waals surface area contributed by atoms with Crippen molar-refractivity contribution in [2.75, 3.05) is 45.1 Å². The molecule has 7 nitrogen and oxygen atoms in total. The Morgan fingerprint density at radius 2 is 1.84 bits per heavy atom. The molecule has 3 heterocycles. The summed E-state index contributed by atoms with van der Waals surface area (Å²) in [5.41, 5.74) is 2.69. The normalized spacial score (nSPS) is 16.2. The SMILES string of the molecule is CCc1cc(-c2cc3c(cc2OC)OCO3)nc(N2CCOCC2)n1. The number of benzene rings is 1. The molecular weight excluding hydrogens is 322 g/mol. The van der Waals surface area contributed by atoms with Gasteiger partial charge < -0.3 is 23.8 Å². The number of hydrogen-bond acceptors (Lipinski definition) is 7. The van der Waals surface area contributed by atoms with Gasteiger partial charge in [0.1, 0.15) is 5.75 Å². The fraction of sp³-hybridized carbons (Fsp3) is 0.444. The van der Waals surface area contributed by atoms with Crippen molar-refractivity contribution in [1.82, 2.24) is 9.97 Å². The van der Waals surface area contributed by atoms with Gasteiger partial charge >= 0.3 is 0 Å². The van der Waals surface area contributed by atoms with Gasteiger partial charge in [-0.2, -0.15) is 0 Å². The van der Waals surface area contributed by atoms with E-state index in [9.17, 15) is 0 Å². The van der Waals surface area contributed by atoms with Crippen molar-refractivity contribution < 1.29 is 18.9 Å². The summed E-state index contributed by atoms with van der Waals surface area (Å²) in [6.07, 6.45) is 0.833. The van der Waals surface area contributed by atoms with Gasteiger partial charge in [-0.05, 0) is 18.6 Å². The lowest BCUT2D eigenvalue weighted by Gasteiger charge is -2.27. The van der Waals surface area contributed by atoms with Crippen LogP contribution in [0.5, 0.6) is 17.2 Å². The Labute approximate surface area is 146 Å². The van der Waals surface area contributed by atoms with Gasteiger partial charge in [0.25, 0.3) is 0 Å². The maximum Gasteiger partial charge on any atom is 0.231 e. The highest BCUT2D eigenvalue weighted by Crippen LogP contribution is 2.42. The minimum Gasteiger partial charge on any atom is -0.496 e. The van der Waals surface area contributed by atoms with Gasteiger partial charge in [0.05, 0.1) is 26.0 Å². The molecule has 4 rings (SSSR count). The third-order valence-corrected chi connectivity index (χ3v) is 4.39. The lowest BCUT2D eigenvalue weighted by molar-refractivity contribution is 0.122. The Morgan fingerprint density at radius 3 is 2.56 bits per heavy atom. The molecule has 0 saturated carbocycles. The third-order valence-electron chi connectivity index (χ3n) is 4.39. The molecule has 0 amide bonds. The van der Waals surface area contributed by atoms with Crippen LogP contribution >= 0.6 is 0 Å².